The van der Waals surface area contributed by atoms with Gasteiger partial charge in [0.2, 0.25) is 0 Å². The fourth-order valence-electron chi connectivity index (χ4n) is 10.6. The van der Waals surface area contributed by atoms with Crippen LogP contribution in [0.5, 0.6) is 0 Å². The highest BCUT2D eigenvalue weighted by molar-refractivity contribution is 7.18. The third-order valence-electron chi connectivity index (χ3n) is 19.1. The smallest absolute Gasteiger partial charge is 0.192 e. The number of hydrogen-bond acceptors (Lipinski definition) is 23. The van der Waals surface area contributed by atoms with Crippen molar-refractivity contribution in [3.05, 3.63) is 183 Å². The van der Waals surface area contributed by atoms with Crippen molar-refractivity contribution in [2.45, 2.75) is 228 Å². The molecule has 0 bridgehead atoms. The third kappa shape index (κ3) is 20.5. The van der Waals surface area contributed by atoms with Crippen LogP contribution in [0.3, 0.4) is 0 Å². The minimum absolute atomic E-state index is 0.746. The second-order valence-electron chi connectivity index (χ2n) is 25.6. The molecule has 10 heterocycles. The first-order valence-corrected chi connectivity index (χ1v) is 37.2. The van der Waals surface area contributed by atoms with Crippen molar-refractivity contribution in [3.8, 4) is 0 Å². The lowest BCUT2D eigenvalue weighted by Crippen LogP contribution is -1.97. The maximum Gasteiger partial charge on any atom is 0.192 e. The van der Waals surface area contributed by atoms with Crippen LogP contribution in [0.4, 0.5) is 0 Å². The predicted molar refractivity (Wildman–Crippen MR) is 422 cm³/mol. The number of imidazole rings is 1. The quantitative estimate of drug-likeness (QED) is 0.137. The largest absolute Gasteiger partial charge is 0.441 e. The summed E-state index contributed by atoms with van der Waals surface area (Å²) in [4.78, 5) is 22.9. The molecule has 0 amide bonds. The highest BCUT2D eigenvalue weighted by Gasteiger charge is 2.19. The van der Waals surface area contributed by atoms with Gasteiger partial charge in [-0.05, 0) is 351 Å². The van der Waals surface area contributed by atoms with Crippen molar-refractivity contribution < 1.29 is 13.6 Å². The Morgan fingerprint density at radius 1 is 0.347 bits per heavy atom. The van der Waals surface area contributed by atoms with E-state index in [0.29, 0.717) is 0 Å². The third-order valence-corrected chi connectivity index (χ3v) is 23.1. The van der Waals surface area contributed by atoms with Crippen molar-refractivity contribution in [2.75, 3.05) is 0 Å². The van der Waals surface area contributed by atoms with Crippen LogP contribution >= 0.6 is 57.7 Å². The van der Waals surface area contributed by atoms with Crippen molar-refractivity contribution in [1.82, 2.24) is 81.8 Å². The molecule has 0 N–H and O–H groups in total. The Kier molecular flexibility index (Phi) is 30.2. The lowest BCUT2D eigenvalue weighted by molar-refractivity contribution is 0.302. The summed E-state index contributed by atoms with van der Waals surface area (Å²) in [6.07, 6.45) is 0. The topological polar surface area (TPSA) is 243 Å². The van der Waals surface area contributed by atoms with E-state index in [1.807, 2.05) is 90.0 Å². The lowest BCUT2D eigenvalue weighted by Gasteiger charge is -2.12. The number of thiazole rings is 1. The minimum atomic E-state index is 0.746. The van der Waals surface area contributed by atoms with Crippen molar-refractivity contribution in [3.63, 3.8) is 0 Å². The molecule has 0 unspecified atom stereocenters. The van der Waals surface area contributed by atoms with Gasteiger partial charge in [-0.1, -0.05) is 14.8 Å². The van der Waals surface area contributed by atoms with Crippen molar-refractivity contribution in [2.24, 2.45) is 14.1 Å². The molecular formula is C76H105N17O3S5. The first-order chi connectivity index (χ1) is 47.2. The Hall–Kier alpha value is -8.23. The molecule has 0 fully saturated rings. The molecule has 0 aliphatic heterocycles. The molecule has 4 aromatic carbocycles. The van der Waals surface area contributed by atoms with Crippen molar-refractivity contribution in [1.29, 1.82) is 0 Å². The summed E-state index contributed by atoms with van der Waals surface area (Å²) >= 11 is 7.40. The fourth-order valence-corrected chi connectivity index (χ4v) is 13.6. The van der Waals surface area contributed by atoms with Gasteiger partial charge in [0.15, 0.2) is 17.2 Å². The SMILES string of the molecule is Cc1c(C)c(C)c2c(c1C)c(C)c(C)n2C.Cc1c(C)c(C)c2c(nc(C)n2C)c1C.Cc1nc2c(C)c(C)c(C)c(C)c2o1.Cc1nc2c(C)c(C)c(C)c(C)c2s1.Cc1nnoc1C.Cc1nnsc1C.Cc1nonc1C.Cc1nsc(C)n1.Cc1nsc(C)n1.Cc1nsnc1C. The van der Waals surface area contributed by atoms with Gasteiger partial charge in [0.05, 0.1) is 60.6 Å². The van der Waals surface area contributed by atoms with Gasteiger partial charge in [-0.3, -0.25) is 0 Å². The summed E-state index contributed by atoms with van der Waals surface area (Å²) in [5.41, 5.74) is 37.4. The highest BCUT2D eigenvalue weighted by Crippen LogP contribution is 2.36. The zero-order valence-corrected chi connectivity index (χ0v) is 70.5. The highest BCUT2D eigenvalue weighted by atomic mass is 32.1. The number of hydrogen-bond donors (Lipinski definition) is 0. The van der Waals surface area contributed by atoms with E-state index in [4.69, 9.17) is 4.42 Å². The van der Waals surface area contributed by atoms with Crippen LogP contribution in [0, 0.1) is 228 Å². The summed E-state index contributed by atoms with van der Waals surface area (Å²) in [6, 6.07) is 0. The van der Waals surface area contributed by atoms with Crippen LogP contribution in [0.2, 0.25) is 0 Å². The lowest BCUT2D eigenvalue weighted by atomic mass is 9.94. The van der Waals surface area contributed by atoms with Gasteiger partial charge in [-0.25, -0.2) is 29.5 Å². The van der Waals surface area contributed by atoms with Crippen LogP contribution in [-0.4, -0.2) is 81.8 Å². The Morgan fingerprint density at radius 2 is 0.812 bits per heavy atom. The van der Waals surface area contributed by atoms with Gasteiger partial charge in [0.1, 0.15) is 50.1 Å². The number of aromatic nitrogens is 17. The van der Waals surface area contributed by atoms with E-state index >= 15 is 0 Å². The first-order valence-electron chi connectivity index (χ1n) is 33.3. The van der Waals surface area contributed by atoms with E-state index in [9.17, 15) is 0 Å². The van der Waals surface area contributed by atoms with E-state index < -0.39 is 0 Å². The van der Waals surface area contributed by atoms with Gasteiger partial charge < -0.3 is 18.1 Å². The van der Waals surface area contributed by atoms with E-state index in [1.54, 1.807) is 11.3 Å². The van der Waals surface area contributed by atoms with E-state index in [-0.39, 0.29) is 0 Å². The van der Waals surface area contributed by atoms with Gasteiger partial charge in [-0.15, -0.1) is 21.5 Å². The molecule has 10 aromatic heterocycles. The monoisotopic (exact) mass is 1460 g/mol. The molecular weight excluding hydrogens is 1360 g/mol. The minimum Gasteiger partial charge on any atom is -0.441 e. The number of oxazole rings is 1. The van der Waals surface area contributed by atoms with Gasteiger partial charge >= 0.3 is 0 Å². The second kappa shape index (κ2) is 36.6. The molecule has 14 aromatic rings. The standard InChI is InChI=1S/C15H21N.C13H18N2.C12H15NO.C12H15NS.2C4H6N2O.4C4H6N2S/c1-8-9(2)11(4)15-14(10(8)3)12(5)13(6)16(15)7;1-7-8(2)10(4)13-12(9(7)3)14-11(5)15(13)6;2*1-6-7(2)9(4)12-11(8(6)3)13-10(5)14-12;1-3-4(2)7-6-5-3;1-3-4(2)6-7-5-3;2*1-3-5-4(2)7-6-3;1-3-4(2)7-6-5-3;1-3-4(2)6-7-5-3/h1-7H3;1-6H3;2*1-5H3;6*1-2H3. The maximum atomic E-state index is 5.60. The molecule has 25 heteroatoms. The van der Waals surface area contributed by atoms with Gasteiger partial charge in [-0.2, -0.15) is 17.5 Å². The Balaban J connectivity index is 0.000000206. The molecule has 101 heavy (non-hydrogen) atoms. The number of aryl methyl sites for hydroxylation is 26. The summed E-state index contributed by atoms with van der Waals surface area (Å²) in [5, 5.41) is 22.4. The molecule has 0 saturated carbocycles. The van der Waals surface area contributed by atoms with Gasteiger partial charge in [0.25, 0.3) is 0 Å². The van der Waals surface area contributed by atoms with Crippen LogP contribution in [0.25, 0.3) is 43.3 Å². The van der Waals surface area contributed by atoms with E-state index in [1.165, 1.54) is 178 Å². The summed E-state index contributed by atoms with van der Waals surface area (Å²) in [6.45, 7) is 68.3. The molecule has 20 nitrogen and oxygen atoms in total. The number of nitrogens with zero attached hydrogens (tertiary/aromatic N) is 17. The predicted octanol–water partition coefficient (Wildman–Crippen LogP) is 20.3. The Morgan fingerprint density at radius 3 is 1.19 bits per heavy atom. The molecule has 14 rings (SSSR count). The molecule has 0 aliphatic rings. The second-order valence-corrected chi connectivity index (χ2v) is 30.3. The molecule has 0 atom stereocenters. The normalized spacial score (nSPS) is 10.5. The molecule has 0 spiro atoms. The average molecular weight is 1470 g/mol. The van der Waals surface area contributed by atoms with Gasteiger partial charge in [0, 0.05) is 42.2 Å². The number of benzene rings is 4. The van der Waals surface area contributed by atoms with E-state index in [0.717, 1.165) is 94.9 Å². The molecule has 542 valence electrons. The van der Waals surface area contributed by atoms with Crippen LogP contribution in [0.1, 0.15) is 183 Å². The van der Waals surface area contributed by atoms with E-state index in [2.05, 4.69) is 244 Å². The van der Waals surface area contributed by atoms with Crippen LogP contribution in [-0.2, 0) is 14.1 Å². The average Bonchev–Trinajstić information content (AvgIpc) is 1.62. The maximum absolute atomic E-state index is 5.60. The van der Waals surface area contributed by atoms with Crippen LogP contribution in [0.15, 0.2) is 13.6 Å². The number of rotatable bonds is 0. The fraction of sp³-hybridized carbons (Fsp3) is 0.461. The van der Waals surface area contributed by atoms with Crippen molar-refractivity contribution >= 4 is 101 Å². The number of fused-ring (bicyclic) bond motifs is 4. The first kappa shape index (κ1) is 83.4. The Bertz CT molecular complexity index is 4590. The zero-order chi connectivity index (χ0) is 76.1. The van der Waals surface area contributed by atoms with Crippen LogP contribution < -0.4 is 0 Å². The molecule has 0 radical (unpaired) electrons. The molecule has 0 saturated heterocycles. The Labute approximate surface area is 618 Å². The summed E-state index contributed by atoms with van der Waals surface area (Å²) in [5.74, 6) is 4.38. The molecule has 0 aliphatic carbocycles. The zero-order valence-electron chi connectivity index (χ0n) is 66.4. The summed E-state index contributed by atoms with van der Waals surface area (Å²) in [7, 11) is 4.26. The summed E-state index contributed by atoms with van der Waals surface area (Å²) < 4.78 is 39.9.